The molecular weight excluding hydrogens is 636 g/mol. The van der Waals surface area contributed by atoms with E-state index in [2.05, 4.69) is 31.2 Å². The summed E-state index contributed by atoms with van der Waals surface area (Å²) in [7, 11) is 0. The Kier molecular flexibility index (Phi) is 12.0. The molecule has 0 unspecified atom stereocenters. The molecule has 256 valence electrons. The molecule has 0 saturated heterocycles. The number of aromatic amines is 1. The third-order valence-electron chi connectivity index (χ3n) is 6.75. The Labute approximate surface area is 283 Å². The second-order valence-electron chi connectivity index (χ2n) is 11.9. The molecule has 15 heteroatoms. The van der Waals surface area contributed by atoms with Gasteiger partial charge in [0, 0.05) is 43.1 Å². The van der Waals surface area contributed by atoms with Gasteiger partial charge in [-0.3, -0.25) is 24.0 Å². The summed E-state index contributed by atoms with van der Waals surface area (Å²) in [5.74, 6) is 0.621. The Morgan fingerprint density at radius 2 is 1.56 bits per heavy atom. The molecule has 0 aliphatic heterocycles. The van der Waals surface area contributed by atoms with Crippen molar-refractivity contribution >= 4 is 51.9 Å². The van der Waals surface area contributed by atoms with Gasteiger partial charge in [-0.25, -0.2) is 14.6 Å². The van der Waals surface area contributed by atoms with Gasteiger partial charge in [0.25, 0.3) is 11.5 Å². The summed E-state index contributed by atoms with van der Waals surface area (Å²) in [5, 5.41) is 11.8. The van der Waals surface area contributed by atoms with Crippen molar-refractivity contribution in [2.45, 2.75) is 66.2 Å². The summed E-state index contributed by atoms with van der Waals surface area (Å²) < 4.78 is 13.7. The van der Waals surface area contributed by atoms with Crippen molar-refractivity contribution in [3.63, 3.8) is 0 Å². The van der Waals surface area contributed by atoms with Crippen molar-refractivity contribution in [3.8, 4) is 17.1 Å². The average molecular weight is 679 g/mol. The van der Waals surface area contributed by atoms with Gasteiger partial charge < -0.3 is 30.4 Å². The van der Waals surface area contributed by atoms with Crippen molar-refractivity contribution in [2.75, 3.05) is 30.3 Å². The van der Waals surface area contributed by atoms with Crippen LogP contribution in [0.1, 0.15) is 47.5 Å². The van der Waals surface area contributed by atoms with E-state index in [9.17, 15) is 19.2 Å². The van der Waals surface area contributed by atoms with Gasteiger partial charge in [0.05, 0.1) is 0 Å². The third-order valence-corrected chi connectivity index (χ3v) is 7.00. The molecule has 5 N–H and O–H groups in total. The first-order chi connectivity index (χ1) is 22.9. The molecule has 0 bridgehead atoms. The van der Waals surface area contributed by atoms with E-state index in [1.54, 1.807) is 69.3 Å². The van der Waals surface area contributed by atoms with Gasteiger partial charge >= 0.3 is 11.8 Å². The maximum atomic E-state index is 13.0. The van der Waals surface area contributed by atoms with Crippen LogP contribution in [0, 0.1) is 0 Å². The van der Waals surface area contributed by atoms with Crippen LogP contribution in [-0.4, -0.2) is 61.5 Å². The Balaban J connectivity index is 1.23. The molecule has 14 nitrogen and oxygen atoms in total. The monoisotopic (exact) mass is 678 g/mol. The zero-order chi connectivity index (χ0) is 34.8. The van der Waals surface area contributed by atoms with E-state index in [0.717, 1.165) is 6.42 Å². The lowest BCUT2D eigenvalue weighted by atomic mass is 10.2. The van der Waals surface area contributed by atoms with Crippen LogP contribution < -0.4 is 37.3 Å². The first-order valence-corrected chi connectivity index (χ1v) is 16.2. The molecule has 0 aliphatic carbocycles. The summed E-state index contributed by atoms with van der Waals surface area (Å²) in [5.41, 5.74) is 1.17. The Hall–Kier alpha value is -5.18. The number of ether oxygens (including phenoxy) is 2. The second kappa shape index (κ2) is 16.1. The van der Waals surface area contributed by atoms with Gasteiger partial charge in [-0.2, -0.15) is 0 Å². The zero-order valence-corrected chi connectivity index (χ0v) is 28.6. The number of carbonyl (C=O) groups is 2. The maximum absolute atomic E-state index is 13.0. The molecule has 0 atom stereocenters. The van der Waals surface area contributed by atoms with Crippen LogP contribution in [-0.2, 0) is 22.6 Å². The fourth-order valence-corrected chi connectivity index (χ4v) is 4.93. The Bertz CT molecular complexity index is 1870. The minimum Gasteiger partial charge on any atom is -0.484 e. The standard InChI is InChI=1S/C33H42N8O6S/c1-6-17-40-28-26(29(43)41(18-7-2)32(40)45)38-27(39-28)21-11-13-24(14-12-21)46-20-25(42)34-15-16-35-30(48)36-22-9-8-10-23(19-22)37-31(44)47-33(3,4)5/h8-14,19H,6-7,15-18,20H2,1-5H3,(H,34,42)(H,37,44)(H,38,39)(H2,35,36,48). The SMILES string of the molecule is CCCn1c(=O)c2[nH]c(-c3ccc(OCC(=O)NCCNC(=S)Nc4cccc(NC(=O)OC(C)(C)C)c4)cc3)nc2n(CCC)c1=O. The van der Waals surface area contributed by atoms with E-state index >= 15 is 0 Å². The van der Waals surface area contributed by atoms with Crippen LogP contribution in [0.5, 0.6) is 5.75 Å². The number of nitrogens with zero attached hydrogens (tertiary/aromatic N) is 3. The molecule has 0 spiro atoms. The first-order valence-electron chi connectivity index (χ1n) is 15.8. The highest BCUT2D eigenvalue weighted by atomic mass is 32.1. The van der Waals surface area contributed by atoms with E-state index in [1.807, 2.05) is 13.8 Å². The summed E-state index contributed by atoms with van der Waals surface area (Å²) >= 11 is 5.33. The fourth-order valence-electron chi connectivity index (χ4n) is 4.71. The highest BCUT2D eigenvalue weighted by Gasteiger charge is 2.18. The molecular formula is C33H42N8O6S. The summed E-state index contributed by atoms with van der Waals surface area (Å²) in [6.45, 7) is 10.5. The van der Waals surface area contributed by atoms with E-state index in [4.69, 9.17) is 21.7 Å². The molecule has 2 aromatic carbocycles. The number of thiocarbonyl (C=S) groups is 1. The van der Waals surface area contributed by atoms with Crippen molar-refractivity contribution in [1.82, 2.24) is 29.7 Å². The molecule has 0 fully saturated rings. The molecule has 2 amide bonds. The van der Waals surface area contributed by atoms with Crippen LogP contribution in [0.25, 0.3) is 22.6 Å². The van der Waals surface area contributed by atoms with Crippen LogP contribution >= 0.6 is 12.2 Å². The zero-order valence-electron chi connectivity index (χ0n) is 27.8. The molecule has 2 aromatic heterocycles. The van der Waals surface area contributed by atoms with E-state index in [0.29, 0.717) is 71.9 Å². The topological polar surface area (TPSA) is 173 Å². The van der Waals surface area contributed by atoms with Gasteiger partial charge in [-0.1, -0.05) is 19.9 Å². The van der Waals surface area contributed by atoms with Gasteiger partial charge in [0.15, 0.2) is 17.4 Å². The number of hydrogen-bond donors (Lipinski definition) is 5. The number of rotatable bonds is 13. The predicted molar refractivity (Wildman–Crippen MR) is 190 cm³/mol. The number of anilines is 2. The maximum Gasteiger partial charge on any atom is 0.412 e. The van der Waals surface area contributed by atoms with Crippen LogP contribution in [0.3, 0.4) is 0 Å². The molecule has 0 aliphatic rings. The molecule has 0 radical (unpaired) electrons. The lowest BCUT2D eigenvalue weighted by Crippen LogP contribution is -2.40. The average Bonchev–Trinajstić information content (AvgIpc) is 3.47. The van der Waals surface area contributed by atoms with E-state index in [1.165, 1.54) is 9.13 Å². The van der Waals surface area contributed by atoms with E-state index in [-0.39, 0.29) is 29.3 Å². The van der Waals surface area contributed by atoms with Crippen molar-refractivity contribution in [1.29, 1.82) is 0 Å². The second-order valence-corrected chi connectivity index (χ2v) is 12.3. The number of imidazole rings is 1. The van der Waals surface area contributed by atoms with Crippen molar-refractivity contribution in [2.24, 2.45) is 0 Å². The minimum absolute atomic E-state index is 0.190. The predicted octanol–water partition coefficient (Wildman–Crippen LogP) is 4.20. The summed E-state index contributed by atoms with van der Waals surface area (Å²) in [4.78, 5) is 58.0. The van der Waals surface area contributed by atoms with Gasteiger partial charge in [0.1, 0.15) is 22.7 Å². The fraction of sp³-hybridized carbons (Fsp3) is 0.394. The Morgan fingerprint density at radius 3 is 2.23 bits per heavy atom. The summed E-state index contributed by atoms with van der Waals surface area (Å²) in [6, 6.07) is 13.9. The molecule has 4 rings (SSSR count). The largest absolute Gasteiger partial charge is 0.484 e. The molecule has 2 heterocycles. The number of amides is 2. The van der Waals surface area contributed by atoms with Crippen LogP contribution in [0.4, 0.5) is 16.2 Å². The third kappa shape index (κ3) is 9.67. The normalized spacial score (nSPS) is 11.2. The number of H-pyrrole nitrogens is 1. The Morgan fingerprint density at radius 1 is 0.917 bits per heavy atom. The summed E-state index contributed by atoms with van der Waals surface area (Å²) in [6.07, 6.45) is 0.819. The molecule has 0 saturated carbocycles. The number of aromatic nitrogens is 4. The lowest BCUT2D eigenvalue weighted by molar-refractivity contribution is -0.123. The van der Waals surface area contributed by atoms with Gasteiger partial charge in [0.2, 0.25) is 0 Å². The lowest BCUT2D eigenvalue weighted by Gasteiger charge is -2.20. The van der Waals surface area contributed by atoms with Gasteiger partial charge in [-0.15, -0.1) is 0 Å². The molecule has 4 aromatic rings. The van der Waals surface area contributed by atoms with Crippen LogP contribution in [0.2, 0.25) is 0 Å². The first kappa shape index (κ1) is 35.7. The van der Waals surface area contributed by atoms with E-state index < -0.39 is 11.7 Å². The quantitative estimate of drug-likeness (QED) is 0.102. The number of benzene rings is 2. The van der Waals surface area contributed by atoms with Crippen molar-refractivity contribution in [3.05, 3.63) is 69.4 Å². The number of nitrogens with one attached hydrogen (secondary N) is 5. The van der Waals surface area contributed by atoms with Gasteiger partial charge in [-0.05, 0) is 88.3 Å². The number of fused-ring (bicyclic) bond motifs is 1. The number of hydrogen-bond acceptors (Lipinski definition) is 8. The highest BCUT2D eigenvalue weighted by Crippen LogP contribution is 2.22. The number of carbonyl (C=O) groups excluding carboxylic acids is 2. The van der Waals surface area contributed by atoms with Crippen LogP contribution in [0.15, 0.2) is 58.1 Å². The van der Waals surface area contributed by atoms with Crippen molar-refractivity contribution < 1.29 is 19.1 Å². The number of aryl methyl sites for hydroxylation is 1. The smallest absolute Gasteiger partial charge is 0.412 e. The minimum atomic E-state index is -0.608. The molecule has 48 heavy (non-hydrogen) atoms. The highest BCUT2D eigenvalue weighted by molar-refractivity contribution is 7.80.